The van der Waals surface area contributed by atoms with Gasteiger partial charge in [-0.15, -0.1) is 0 Å². The lowest BCUT2D eigenvalue weighted by Crippen LogP contribution is -2.19. The van der Waals surface area contributed by atoms with Crippen molar-refractivity contribution in [2.75, 3.05) is 6.61 Å². The van der Waals surface area contributed by atoms with Gasteiger partial charge in [0, 0.05) is 6.42 Å². The van der Waals surface area contributed by atoms with Gasteiger partial charge in [0.1, 0.15) is 6.61 Å². The number of benzene rings is 1. The van der Waals surface area contributed by atoms with Crippen LogP contribution in [0.3, 0.4) is 0 Å². The molecule has 0 N–H and O–H groups in total. The molecule has 2 aromatic rings. The van der Waals surface area contributed by atoms with Gasteiger partial charge in [-0.05, 0) is 17.7 Å². The molecular weight excluding hydrogens is 258 g/mol. The van der Waals surface area contributed by atoms with Crippen molar-refractivity contribution >= 4 is 11.7 Å². The zero-order valence-corrected chi connectivity index (χ0v) is 10.7. The summed E-state index contributed by atoms with van der Waals surface area (Å²) in [5.74, 6) is -0.307. The molecule has 0 saturated heterocycles. The van der Waals surface area contributed by atoms with E-state index in [0.717, 1.165) is 11.3 Å². The number of nitrogens with zero attached hydrogens (tertiary/aromatic N) is 1. The Morgan fingerprint density at radius 2 is 2.10 bits per heavy atom. The van der Waals surface area contributed by atoms with E-state index < -0.39 is 5.97 Å². The van der Waals surface area contributed by atoms with E-state index >= 15 is 0 Å². The Morgan fingerprint density at radius 3 is 2.85 bits per heavy atom. The molecule has 1 aromatic carbocycles. The van der Waals surface area contributed by atoms with Crippen LogP contribution in [0, 0.1) is 0 Å². The minimum absolute atomic E-state index is 0.152. The second-order valence-corrected chi connectivity index (χ2v) is 4.41. The highest BCUT2D eigenvalue weighted by molar-refractivity contribution is 6.01. The molecule has 2 heterocycles. The number of carbonyl (C=O) groups excluding carboxylic acids is 1. The zero-order chi connectivity index (χ0) is 13.8. The third-order valence-electron chi connectivity index (χ3n) is 2.96. The summed E-state index contributed by atoms with van der Waals surface area (Å²) in [4.78, 5) is 16.9. The van der Waals surface area contributed by atoms with Gasteiger partial charge >= 0.3 is 5.97 Å². The first-order chi connectivity index (χ1) is 9.83. The molecule has 5 heteroatoms. The van der Waals surface area contributed by atoms with Gasteiger partial charge in [0.05, 0.1) is 12.0 Å². The summed E-state index contributed by atoms with van der Waals surface area (Å²) >= 11 is 0. The maximum atomic E-state index is 11.6. The second kappa shape index (κ2) is 5.61. The minimum atomic E-state index is -0.494. The molecule has 0 radical (unpaired) electrons. The predicted molar refractivity (Wildman–Crippen MR) is 71.5 cm³/mol. The van der Waals surface area contributed by atoms with E-state index in [1.54, 1.807) is 12.1 Å². The SMILES string of the molecule is O=C(OC[C@H]1CC(c2ccccc2)=NO1)c1ccco1. The Labute approximate surface area is 115 Å². The summed E-state index contributed by atoms with van der Waals surface area (Å²) in [7, 11) is 0. The normalized spacial score (nSPS) is 17.4. The zero-order valence-electron chi connectivity index (χ0n) is 10.7. The van der Waals surface area contributed by atoms with Crippen LogP contribution in [0.15, 0.2) is 58.3 Å². The summed E-state index contributed by atoms with van der Waals surface area (Å²) in [5.41, 5.74) is 1.89. The first-order valence-corrected chi connectivity index (χ1v) is 6.31. The Hall–Kier alpha value is -2.56. The third-order valence-corrected chi connectivity index (χ3v) is 2.96. The molecule has 0 unspecified atom stereocenters. The van der Waals surface area contributed by atoms with Gasteiger partial charge in [-0.25, -0.2) is 4.79 Å². The summed E-state index contributed by atoms with van der Waals surface area (Å²) in [5, 5.41) is 4.03. The van der Waals surface area contributed by atoms with Crippen molar-refractivity contribution in [3.05, 3.63) is 60.1 Å². The molecule has 20 heavy (non-hydrogen) atoms. The maximum absolute atomic E-state index is 11.6. The fraction of sp³-hybridized carbons (Fsp3) is 0.200. The van der Waals surface area contributed by atoms with E-state index in [1.807, 2.05) is 30.3 Å². The molecule has 0 spiro atoms. The average molecular weight is 271 g/mol. The number of furan rings is 1. The standard InChI is InChI=1S/C15H13NO4/c17-15(14-7-4-8-18-14)19-10-12-9-13(16-20-12)11-5-2-1-3-6-11/h1-8,12H,9-10H2/t12-/m1/s1. The average Bonchev–Trinajstić information content (AvgIpc) is 3.17. The highest BCUT2D eigenvalue weighted by Crippen LogP contribution is 2.17. The van der Waals surface area contributed by atoms with Crippen molar-refractivity contribution in [3.63, 3.8) is 0 Å². The molecule has 102 valence electrons. The van der Waals surface area contributed by atoms with Gasteiger partial charge in [-0.2, -0.15) is 0 Å². The molecule has 1 atom stereocenters. The quantitative estimate of drug-likeness (QED) is 0.802. The van der Waals surface area contributed by atoms with E-state index in [1.165, 1.54) is 6.26 Å². The molecule has 0 bridgehead atoms. The Balaban J connectivity index is 1.51. The van der Waals surface area contributed by atoms with Crippen LogP contribution in [0.2, 0.25) is 0 Å². The van der Waals surface area contributed by atoms with Gasteiger partial charge in [0.25, 0.3) is 0 Å². The van der Waals surface area contributed by atoms with E-state index in [4.69, 9.17) is 14.0 Å². The molecule has 0 amide bonds. The van der Waals surface area contributed by atoms with Crippen LogP contribution in [0.1, 0.15) is 22.5 Å². The lowest BCUT2D eigenvalue weighted by atomic mass is 10.1. The minimum Gasteiger partial charge on any atom is -0.457 e. The van der Waals surface area contributed by atoms with Gasteiger partial charge in [-0.1, -0.05) is 35.5 Å². The van der Waals surface area contributed by atoms with Crippen LogP contribution >= 0.6 is 0 Å². The Bertz CT molecular complexity index is 604. The number of carbonyl (C=O) groups is 1. The van der Waals surface area contributed by atoms with Crippen molar-refractivity contribution in [1.29, 1.82) is 0 Å². The molecule has 0 aliphatic carbocycles. The van der Waals surface area contributed by atoms with Gasteiger partial charge < -0.3 is 14.0 Å². The molecule has 0 saturated carbocycles. The fourth-order valence-electron chi connectivity index (χ4n) is 1.95. The maximum Gasteiger partial charge on any atom is 0.374 e. The van der Waals surface area contributed by atoms with E-state index in [9.17, 15) is 4.79 Å². The number of hydrogen-bond acceptors (Lipinski definition) is 5. The van der Waals surface area contributed by atoms with Gasteiger partial charge in [-0.3, -0.25) is 0 Å². The molecule has 1 aliphatic rings. The molecule has 3 rings (SSSR count). The Morgan fingerprint density at radius 1 is 1.25 bits per heavy atom. The van der Waals surface area contributed by atoms with E-state index in [2.05, 4.69) is 5.16 Å². The highest BCUT2D eigenvalue weighted by Gasteiger charge is 2.24. The molecule has 0 fully saturated rings. The number of esters is 1. The number of oxime groups is 1. The summed E-state index contributed by atoms with van der Waals surface area (Å²) < 4.78 is 10.1. The number of rotatable bonds is 4. The van der Waals surface area contributed by atoms with Crippen molar-refractivity contribution < 1.29 is 18.8 Å². The lowest BCUT2D eigenvalue weighted by Gasteiger charge is -2.08. The number of hydrogen-bond donors (Lipinski definition) is 0. The second-order valence-electron chi connectivity index (χ2n) is 4.41. The lowest BCUT2D eigenvalue weighted by molar-refractivity contribution is 0.00474. The summed E-state index contributed by atoms with van der Waals surface area (Å²) in [6, 6.07) is 13.0. The molecule has 1 aromatic heterocycles. The van der Waals surface area contributed by atoms with Crippen LogP contribution in [-0.4, -0.2) is 24.4 Å². The first kappa shape index (κ1) is 12.5. The largest absolute Gasteiger partial charge is 0.457 e. The van der Waals surface area contributed by atoms with Crippen molar-refractivity contribution in [2.24, 2.45) is 5.16 Å². The predicted octanol–water partition coefficient (Wildman–Crippen LogP) is 2.63. The van der Waals surface area contributed by atoms with Crippen LogP contribution in [0.4, 0.5) is 0 Å². The van der Waals surface area contributed by atoms with E-state index in [0.29, 0.717) is 6.42 Å². The van der Waals surface area contributed by atoms with Crippen molar-refractivity contribution in [2.45, 2.75) is 12.5 Å². The van der Waals surface area contributed by atoms with Crippen LogP contribution < -0.4 is 0 Å². The van der Waals surface area contributed by atoms with Crippen LogP contribution in [-0.2, 0) is 9.57 Å². The number of ether oxygens (including phenoxy) is 1. The molecular formula is C15H13NO4. The smallest absolute Gasteiger partial charge is 0.374 e. The van der Waals surface area contributed by atoms with Crippen molar-refractivity contribution in [1.82, 2.24) is 0 Å². The molecule has 5 nitrogen and oxygen atoms in total. The van der Waals surface area contributed by atoms with Gasteiger partial charge in [0.15, 0.2) is 6.10 Å². The van der Waals surface area contributed by atoms with Crippen LogP contribution in [0.5, 0.6) is 0 Å². The Kier molecular flexibility index (Phi) is 3.50. The highest BCUT2D eigenvalue weighted by atomic mass is 16.7. The first-order valence-electron chi connectivity index (χ1n) is 6.31. The monoisotopic (exact) mass is 271 g/mol. The molecule has 1 aliphatic heterocycles. The van der Waals surface area contributed by atoms with E-state index in [-0.39, 0.29) is 18.5 Å². The third kappa shape index (κ3) is 2.71. The topological polar surface area (TPSA) is 61.0 Å². The summed E-state index contributed by atoms with van der Waals surface area (Å²) in [6.07, 6.45) is 1.80. The van der Waals surface area contributed by atoms with Crippen molar-refractivity contribution in [3.8, 4) is 0 Å². The summed E-state index contributed by atoms with van der Waals surface area (Å²) in [6.45, 7) is 0.152. The fourth-order valence-corrected chi connectivity index (χ4v) is 1.95. The van der Waals surface area contributed by atoms with Crippen LogP contribution in [0.25, 0.3) is 0 Å². The van der Waals surface area contributed by atoms with Gasteiger partial charge in [0.2, 0.25) is 5.76 Å².